The third-order valence-corrected chi connectivity index (χ3v) is 8.50. The molecule has 0 fully saturated rings. The zero-order chi connectivity index (χ0) is 20.4. The van der Waals surface area contributed by atoms with Crippen LogP contribution in [0.15, 0.2) is 46.1 Å². The van der Waals surface area contributed by atoms with Crippen LogP contribution in [0.4, 0.5) is 5.69 Å². The fourth-order valence-electron chi connectivity index (χ4n) is 3.15. The molecule has 0 saturated carbocycles. The standard InChI is InChI=1S/C21H22N4OS3/c1-2-3-10-29(26)21-18(23)17-15(14-6-4-13(12-22)5-7-14)11-16(25-20(17)28-21)19-24-8-9-27-19/h4-9,11H,2-3,10,12,22-23H2,1H3. The number of thiophene rings is 1. The fourth-order valence-corrected chi connectivity index (χ4v) is 6.54. The van der Waals surface area contributed by atoms with E-state index >= 15 is 0 Å². The Labute approximate surface area is 181 Å². The lowest BCUT2D eigenvalue weighted by molar-refractivity contribution is 0.594. The van der Waals surface area contributed by atoms with Gasteiger partial charge in [0.2, 0.25) is 4.21 Å². The summed E-state index contributed by atoms with van der Waals surface area (Å²) in [7, 11) is 0. The Bertz CT molecular complexity index is 1110. The number of benzene rings is 1. The molecule has 3 heterocycles. The molecular formula is C21H22N4OS3. The minimum absolute atomic E-state index is 0.498. The number of hydrogen-bond acceptors (Lipinski definition) is 7. The van der Waals surface area contributed by atoms with E-state index in [1.54, 1.807) is 17.5 Å². The Kier molecular flexibility index (Phi) is 6.17. The van der Waals surface area contributed by atoms with Crippen LogP contribution in [0, 0.1) is 0 Å². The molecule has 3 aromatic heterocycles. The van der Waals surface area contributed by atoms with E-state index in [1.807, 2.05) is 35.7 Å². The predicted octanol–water partition coefficient (Wildman–Crippen LogP) is 5.04. The van der Waals surface area contributed by atoms with Crippen LogP contribution in [0.5, 0.6) is 0 Å². The van der Waals surface area contributed by atoms with Crippen LogP contribution in [0.1, 0.15) is 25.3 Å². The van der Waals surface area contributed by atoms with Crippen LogP contribution >= 0.6 is 22.7 Å². The molecular weight excluding hydrogens is 420 g/mol. The van der Waals surface area contributed by atoms with Crippen molar-refractivity contribution in [1.82, 2.24) is 9.97 Å². The molecule has 0 aliphatic heterocycles. The van der Waals surface area contributed by atoms with Crippen molar-refractivity contribution in [3.05, 3.63) is 47.5 Å². The number of rotatable bonds is 7. The number of unbranched alkanes of at least 4 members (excludes halogenated alkanes) is 1. The molecule has 0 saturated heterocycles. The number of anilines is 1. The van der Waals surface area contributed by atoms with E-state index in [1.165, 1.54) is 11.3 Å². The molecule has 8 heteroatoms. The van der Waals surface area contributed by atoms with Crippen molar-refractivity contribution in [3.63, 3.8) is 0 Å². The van der Waals surface area contributed by atoms with Gasteiger partial charge in [-0.1, -0.05) is 48.9 Å². The Morgan fingerprint density at radius 3 is 2.66 bits per heavy atom. The van der Waals surface area contributed by atoms with E-state index in [0.717, 1.165) is 54.7 Å². The molecule has 1 atom stereocenters. The van der Waals surface area contributed by atoms with E-state index in [0.29, 0.717) is 18.0 Å². The molecule has 5 nitrogen and oxygen atoms in total. The molecule has 4 aromatic rings. The summed E-state index contributed by atoms with van der Waals surface area (Å²) in [6.45, 7) is 2.59. The van der Waals surface area contributed by atoms with Crippen LogP contribution in [-0.4, -0.2) is 20.3 Å². The SMILES string of the molecule is CCCC[S+]([O-])c1sc2nc(-c3nccs3)cc(-c3ccc(CN)cc3)c2c1N. The van der Waals surface area contributed by atoms with Gasteiger partial charge in [-0.2, -0.15) is 0 Å². The van der Waals surface area contributed by atoms with E-state index in [2.05, 4.69) is 11.9 Å². The average Bonchev–Trinajstić information content (AvgIpc) is 3.40. The lowest BCUT2D eigenvalue weighted by Crippen LogP contribution is -2.06. The molecule has 29 heavy (non-hydrogen) atoms. The minimum Gasteiger partial charge on any atom is -0.611 e. The molecule has 1 aromatic carbocycles. The highest BCUT2D eigenvalue weighted by atomic mass is 32.2. The molecule has 4 N–H and O–H groups in total. The van der Waals surface area contributed by atoms with Gasteiger partial charge >= 0.3 is 0 Å². The Morgan fingerprint density at radius 1 is 1.21 bits per heavy atom. The van der Waals surface area contributed by atoms with Gasteiger partial charge in [-0.25, -0.2) is 9.97 Å². The zero-order valence-electron chi connectivity index (χ0n) is 16.1. The number of pyridine rings is 1. The second-order valence-electron chi connectivity index (χ2n) is 6.68. The predicted molar refractivity (Wildman–Crippen MR) is 125 cm³/mol. The number of thiazole rings is 1. The molecule has 0 spiro atoms. The van der Waals surface area contributed by atoms with Crippen LogP contribution in [0.2, 0.25) is 0 Å². The van der Waals surface area contributed by atoms with Crippen molar-refractivity contribution in [2.45, 2.75) is 30.5 Å². The van der Waals surface area contributed by atoms with Gasteiger partial charge in [0.05, 0.1) is 0 Å². The van der Waals surface area contributed by atoms with Gasteiger partial charge in [-0.15, -0.1) is 11.3 Å². The highest BCUT2D eigenvalue weighted by molar-refractivity contribution is 7.93. The highest BCUT2D eigenvalue weighted by Crippen LogP contribution is 2.43. The van der Waals surface area contributed by atoms with E-state index < -0.39 is 11.2 Å². The average molecular weight is 443 g/mol. The van der Waals surface area contributed by atoms with Crippen LogP contribution in [-0.2, 0) is 17.7 Å². The van der Waals surface area contributed by atoms with Gasteiger partial charge in [0.15, 0.2) is 0 Å². The fraction of sp³-hybridized carbons (Fsp3) is 0.238. The van der Waals surface area contributed by atoms with Crippen LogP contribution in [0.3, 0.4) is 0 Å². The maximum Gasteiger partial charge on any atom is 0.232 e. The molecule has 150 valence electrons. The number of fused-ring (bicyclic) bond motifs is 1. The third kappa shape index (κ3) is 4.04. The summed E-state index contributed by atoms with van der Waals surface area (Å²) < 4.78 is 13.5. The summed E-state index contributed by atoms with van der Waals surface area (Å²) in [6, 6.07) is 10.2. The molecule has 0 aliphatic carbocycles. The third-order valence-electron chi connectivity index (χ3n) is 4.71. The monoisotopic (exact) mass is 442 g/mol. The lowest BCUT2D eigenvalue weighted by atomic mass is 10.0. The Hall–Kier alpha value is -1.97. The first-order valence-electron chi connectivity index (χ1n) is 9.43. The zero-order valence-corrected chi connectivity index (χ0v) is 18.5. The first-order chi connectivity index (χ1) is 14.1. The number of aromatic nitrogens is 2. The first kappa shape index (κ1) is 20.3. The summed E-state index contributed by atoms with van der Waals surface area (Å²) in [5.41, 5.74) is 16.7. The molecule has 1 unspecified atom stereocenters. The van der Waals surface area contributed by atoms with Crippen molar-refractivity contribution in [3.8, 4) is 21.8 Å². The Morgan fingerprint density at radius 2 is 2.00 bits per heavy atom. The smallest absolute Gasteiger partial charge is 0.232 e. The van der Waals surface area contributed by atoms with Crippen molar-refractivity contribution in [2.75, 3.05) is 11.5 Å². The van der Waals surface area contributed by atoms with Crippen molar-refractivity contribution >= 4 is 49.8 Å². The maximum atomic E-state index is 12.8. The summed E-state index contributed by atoms with van der Waals surface area (Å²) in [6.07, 6.45) is 3.68. The number of nitrogens with two attached hydrogens (primary N) is 2. The number of nitrogens with zero attached hydrogens (tertiary/aromatic N) is 2. The summed E-state index contributed by atoms with van der Waals surface area (Å²) in [5.74, 6) is 0.618. The first-order valence-corrected chi connectivity index (χ1v) is 12.4. The maximum absolute atomic E-state index is 12.8. The van der Waals surface area contributed by atoms with Crippen molar-refractivity contribution < 1.29 is 4.55 Å². The second kappa shape index (κ2) is 8.81. The van der Waals surface area contributed by atoms with Crippen LogP contribution in [0.25, 0.3) is 32.0 Å². The highest BCUT2D eigenvalue weighted by Gasteiger charge is 2.25. The number of nitrogen functional groups attached to an aromatic ring is 1. The van der Waals surface area contributed by atoms with Gasteiger partial charge in [0.25, 0.3) is 0 Å². The molecule has 0 amide bonds. The van der Waals surface area contributed by atoms with Crippen LogP contribution < -0.4 is 11.5 Å². The molecule has 4 rings (SSSR count). The summed E-state index contributed by atoms with van der Waals surface area (Å²) in [4.78, 5) is 10.0. The quantitative estimate of drug-likeness (QED) is 0.391. The van der Waals surface area contributed by atoms with Gasteiger partial charge in [0.1, 0.15) is 27.0 Å². The van der Waals surface area contributed by atoms with Crippen molar-refractivity contribution in [2.24, 2.45) is 5.73 Å². The largest absolute Gasteiger partial charge is 0.611 e. The normalized spacial score (nSPS) is 12.5. The molecule has 0 bridgehead atoms. The van der Waals surface area contributed by atoms with E-state index in [4.69, 9.17) is 16.5 Å². The molecule has 0 radical (unpaired) electrons. The number of hydrogen-bond donors (Lipinski definition) is 2. The Balaban J connectivity index is 1.91. The minimum atomic E-state index is -1.12. The second-order valence-corrected chi connectivity index (χ2v) is 10.3. The van der Waals surface area contributed by atoms with Gasteiger partial charge in [-0.3, -0.25) is 0 Å². The van der Waals surface area contributed by atoms with Crippen molar-refractivity contribution in [1.29, 1.82) is 0 Å². The lowest BCUT2D eigenvalue weighted by Gasteiger charge is -2.09. The van der Waals surface area contributed by atoms with Gasteiger partial charge in [-0.05, 0) is 40.4 Å². The van der Waals surface area contributed by atoms with Gasteiger partial charge < -0.3 is 16.0 Å². The van der Waals surface area contributed by atoms with E-state index in [-0.39, 0.29) is 0 Å². The summed E-state index contributed by atoms with van der Waals surface area (Å²) in [5, 5.41) is 3.66. The topological polar surface area (TPSA) is 101 Å². The molecule has 0 aliphatic rings. The summed E-state index contributed by atoms with van der Waals surface area (Å²) >= 11 is 1.86. The van der Waals surface area contributed by atoms with Gasteiger partial charge in [0, 0.05) is 23.5 Å². The van der Waals surface area contributed by atoms with E-state index in [9.17, 15) is 4.55 Å².